The lowest BCUT2D eigenvalue weighted by Gasteiger charge is -2.22. The van der Waals surface area contributed by atoms with Gasteiger partial charge in [0.1, 0.15) is 0 Å². The van der Waals surface area contributed by atoms with Crippen molar-refractivity contribution < 1.29 is 9.47 Å². The summed E-state index contributed by atoms with van der Waals surface area (Å²) in [5, 5.41) is 8.13. The minimum absolute atomic E-state index is 0.315. The largest absolute Gasteiger partial charge is 0.381 e. The summed E-state index contributed by atoms with van der Waals surface area (Å²) in [5.74, 6) is 0.810. The van der Waals surface area contributed by atoms with Crippen LogP contribution >= 0.6 is 0 Å². The molecule has 0 bridgehead atoms. The molecule has 6 nitrogen and oxygen atoms in total. The van der Waals surface area contributed by atoms with E-state index in [0.717, 1.165) is 51.5 Å². The minimum Gasteiger partial charge on any atom is -0.381 e. The molecule has 4 rings (SSSR count). The van der Waals surface area contributed by atoms with Crippen LogP contribution in [-0.4, -0.2) is 43.9 Å². The number of guanidine groups is 1. The van der Waals surface area contributed by atoms with Crippen molar-refractivity contribution in [2.24, 2.45) is 4.99 Å². The lowest BCUT2D eigenvalue weighted by molar-refractivity contribution is -0.0390. The summed E-state index contributed by atoms with van der Waals surface area (Å²) in [4.78, 5) is 7.74. The molecule has 0 radical (unpaired) electrons. The molecule has 3 aromatic rings. The van der Waals surface area contributed by atoms with Gasteiger partial charge in [-0.15, -0.1) is 0 Å². The number of benzene rings is 2. The first-order valence-corrected chi connectivity index (χ1v) is 11.5. The third-order valence-electron chi connectivity index (χ3n) is 5.94. The predicted molar refractivity (Wildman–Crippen MR) is 130 cm³/mol. The van der Waals surface area contributed by atoms with Crippen molar-refractivity contribution in [2.45, 2.75) is 45.4 Å². The fourth-order valence-corrected chi connectivity index (χ4v) is 4.12. The highest BCUT2D eigenvalue weighted by molar-refractivity contribution is 5.84. The number of ether oxygens (including phenoxy) is 2. The second kappa shape index (κ2) is 11.2. The molecular formula is C26H34N4O2. The van der Waals surface area contributed by atoms with E-state index < -0.39 is 0 Å². The zero-order valence-electron chi connectivity index (χ0n) is 19.1. The Kier molecular flexibility index (Phi) is 7.80. The Morgan fingerprint density at radius 1 is 1.12 bits per heavy atom. The predicted octanol–water partition coefficient (Wildman–Crippen LogP) is 4.08. The first-order valence-electron chi connectivity index (χ1n) is 11.5. The molecule has 1 aliphatic rings. The van der Waals surface area contributed by atoms with Gasteiger partial charge in [0, 0.05) is 50.5 Å². The number of aryl methyl sites for hydroxylation is 1. The van der Waals surface area contributed by atoms with Crippen molar-refractivity contribution in [3.63, 3.8) is 0 Å². The molecule has 0 unspecified atom stereocenters. The monoisotopic (exact) mass is 434 g/mol. The standard InChI is InChI=1S/C26H34N4O2/c1-19-6-7-24-22(17-29-25(24)14-19)8-11-28-26(27-2)30-16-20-4-3-5-21(15-20)18-32-23-9-12-31-13-10-23/h3-7,14-15,17,23,29H,8-13,16,18H2,1-2H3,(H2,27,28,30). The maximum absolute atomic E-state index is 6.06. The van der Waals surface area contributed by atoms with Crippen LogP contribution in [0.4, 0.5) is 0 Å². The smallest absolute Gasteiger partial charge is 0.191 e. The van der Waals surface area contributed by atoms with Crippen LogP contribution in [0, 0.1) is 6.92 Å². The minimum atomic E-state index is 0.315. The van der Waals surface area contributed by atoms with Crippen molar-refractivity contribution in [3.8, 4) is 0 Å². The van der Waals surface area contributed by atoms with Crippen molar-refractivity contribution in [1.29, 1.82) is 0 Å². The van der Waals surface area contributed by atoms with E-state index in [-0.39, 0.29) is 0 Å². The van der Waals surface area contributed by atoms with E-state index in [9.17, 15) is 0 Å². The number of H-pyrrole nitrogens is 1. The van der Waals surface area contributed by atoms with Gasteiger partial charge in [-0.2, -0.15) is 0 Å². The van der Waals surface area contributed by atoms with Crippen LogP contribution in [0.1, 0.15) is 35.1 Å². The lowest BCUT2D eigenvalue weighted by atomic mass is 10.1. The van der Waals surface area contributed by atoms with Gasteiger partial charge in [0.2, 0.25) is 0 Å². The fraction of sp³-hybridized carbons (Fsp3) is 0.423. The first-order chi connectivity index (χ1) is 15.7. The summed E-state index contributed by atoms with van der Waals surface area (Å²) in [6.45, 7) is 5.92. The topological polar surface area (TPSA) is 70.7 Å². The van der Waals surface area contributed by atoms with E-state index in [1.54, 1.807) is 0 Å². The second-order valence-electron chi connectivity index (χ2n) is 8.41. The van der Waals surface area contributed by atoms with Crippen LogP contribution in [0.15, 0.2) is 53.7 Å². The molecule has 1 aliphatic heterocycles. The SMILES string of the molecule is CN=C(NCCc1c[nH]c2cc(C)ccc12)NCc1cccc(COC2CCOCC2)c1. The van der Waals surface area contributed by atoms with E-state index in [2.05, 4.69) is 76.2 Å². The van der Waals surface area contributed by atoms with E-state index in [0.29, 0.717) is 12.7 Å². The molecule has 0 amide bonds. The van der Waals surface area contributed by atoms with Crippen LogP contribution in [-0.2, 0) is 29.0 Å². The molecule has 32 heavy (non-hydrogen) atoms. The van der Waals surface area contributed by atoms with Crippen LogP contribution in [0.5, 0.6) is 0 Å². The Bertz CT molecular complexity index is 1040. The zero-order chi connectivity index (χ0) is 22.2. The quantitative estimate of drug-likeness (QED) is 0.369. The Morgan fingerprint density at radius 3 is 2.81 bits per heavy atom. The lowest BCUT2D eigenvalue weighted by Crippen LogP contribution is -2.37. The van der Waals surface area contributed by atoms with E-state index in [1.807, 2.05) is 7.05 Å². The van der Waals surface area contributed by atoms with Gasteiger partial charge in [-0.05, 0) is 54.5 Å². The number of hydrogen-bond donors (Lipinski definition) is 3. The maximum Gasteiger partial charge on any atom is 0.191 e. The van der Waals surface area contributed by atoms with Crippen LogP contribution in [0.2, 0.25) is 0 Å². The molecule has 1 aromatic heterocycles. The van der Waals surface area contributed by atoms with Gasteiger partial charge in [0.05, 0.1) is 12.7 Å². The maximum atomic E-state index is 6.06. The Labute approximate surface area is 190 Å². The third-order valence-corrected chi connectivity index (χ3v) is 5.94. The Balaban J connectivity index is 1.23. The molecule has 6 heteroatoms. The molecule has 3 N–H and O–H groups in total. The number of nitrogens with one attached hydrogen (secondary N) is 3. The molecule has 0 saturated carbocycles. The van der Waals surface area contributed by atoms with E-state index >= 15 is 0 Å². The number of aromatic nitrogens is 1. The van der Waals surface area contributed by atoms with Gasteiger partial charge in [-0.1, -0.05) is 36.4 Å². The van der Waals surface area contributed by atoms with Gasteiger partial charge in [-0.25, -0.2) is 0 Å². The van der Waals surface area contributed by atoms with Crippen molar-refractivity contribution in [3.05, 3.63) is 70.9 Å². The van der Waals surface area contributed by atoms with E-state index in [1.165, 1.54) is 33.2 Å². The molecule has 0 atom stereocenters. The third kappa shape index (κ3) is 6.11. The van der Waals surface area contributed by atoms with Gasteiger partial charge in [0.25, 0.3) is 0 Å². The number of aromatic amines is 1. The number of rotatable bonds is 8. The average molecular weight is 435 g/mol. The summed E-state index contributed by atoms with van der Waals surface area (Å²) < 4.78 is 11.5. The summed E-state index contributed by atoms with van der Waals surface area (Å²) in [6, 6.07) is 15.1. The molecular weight excluding hydrogens is 400 g/mol. The Morgan fingerprint density at radius 2 is 1.97 bits per heavy atom. The zero-order valence-corrected chi connectivity index (χ0v) is 19.1. The van der Waals surface area contributed by atoms with Gasteiger partial charge < -0.3 is 25.1 Å². The van der Waals surface area contributed by atoms with Gasteiger partial charge in [-0.3, -0.25) is 4.99 Å². The highest BCUT2D eigenvalue weighted by atomic mass is 16.5. The van der Waals surface area contributed by atoms with Gasteiger partial charge >= 0.3 is 0 Å². The molecule has 2 heterocycles. The first kappa shape index (κ1) is 22.4. The summed E-state index contributed by atoms with van der Waals surface area (Å²) in [7, 11) is 1.81. The molecule has 0 aliphatic carbocycles. The number of fused-ring (bicyclic) bond motifs is 1. The summed E-state index contributed by atoms with van der Waals surface area (Å²) in [6.07, 6.45) is 5.33. The highest BCUT2D eigenvalue weighted by Gasteiger charge is 2.14. The van der Waals surface area contributed by atoms with Crippen LogP contribution in [0.25, 0.3) is 10.9 Å². The molecule has 170 valence electrons. The Hall–Kier alpha value is -2.83. The summed E-state index contributed by atoms with van der Waals surface area (Å²) in [5.41, 5.74) is 6.21. The summed E-state index contributed by atoms with van der Waals surface area (Å²) >= 11 is 0. The van der Waals surface area contributed by atoms with E-state index in [4.69, 9.17) is 9.47 Å². The van der Waals surface area contributed by atoms with Crippen molar-refractivity contribution in [1.82, 2.24) is 15.6 Å². The number of nitrogens with zero attached hydrogens (tertiary/aromatic N) is 1. The van der Waals surface area contributed by atoms with Crippen molar-refractivity contribution >= 4 is 16.9 Å². The molecule has 0 spiro atoms. The number of hydrogen-bond acceptors (Lipinski definition) is 3. The number of aliphatic imine (C=N–C) groups is 1. The second-order valence-corrected chi connectivity index (χ2v) is 8.41. The normalized spacial score (nSPS) is 15.2. The van der Waals surface area contributed by atoms with Gasteiger partial charge in [0.15, 0.2) is 5.96 Å². The average Bonchev–Trinajstić information content (AvgIpc) is 3.22. The molecule has 1 fully saturated rings. The van der Waals surface area contributed by atoms with Crippen LogP contribution in [0.3, 0.4) is 0 Å². The fourth-order valence-electron chi connectivity index (χ4n) is 4.12. The van der Waals surface area contributed by atoms with Crippen LogP contribution < -0.4 is 10.6 Å². The van der Waals surface area contributed by atoms with Crippen molar-refractivity contribution in [2.75, 3.05) is 26.8 Å². The highest BCUT2D eigenvalue weighted by Crippen LogP contribution is 2.19. The molecule has 2 aromatic carbocycles. The molecule has 1 saturated heterocycles.